The molecule has 3 nitrogen and oxygen atoms in total. The summed E-state index contributed by atoms with van der Waals surface area (Å²) in [4.78, 5) is 12.7. The first-order chi connectivity index (χ1) is 15.5. The Hall–Kier alpha value is -2.20. The molecule has 1 aliphatic carbocycles. The number of hydrogen-bond donors (Lipinski definition) is 1. The van der Waals surface area contributed by atoms with Gasteiger partial charge in [0.05, 0.1) is 7.11 Å². The Labute approximate surface area is 191 Å². The maximum atomic E-state index is 14.3. The number of rotatable bonds is 8. The fraction of sp³-hybridized carbons (Fsp3) is 0.536. The van der Waals surface area contributed by atoms with E-state index in [1.54, 1.807) is 13.2 Å². The number of methoxy groups -OCH3 is 1. The van der Waals surface area contributed by atoms with Crippen LogP contribution in [0.5, 0.6) is 5.75 Å². The van der Waals surface area contributed by atoms with Crippen LogP contribution in [0.1, 0.15) is 85.2 Å². The van der Waals surface area contributed by atoms with E-state index in [2.05, 4.69) is 24.4 Å². The molecule has 0 amide bonds. The second kappa shape index (κ2) is 10.6. The number of piperidine rings is 1. The molecule has 172 valence electrons. The molecule has 2 aromatic rings. The van der Waals surface area contributed by atoms with Crippen LogP contribution in [-0.2, 0) is 0 Å². The summed E-state index contributed by atoms with van der Waals surface area (Å²) in [6, 6.07) is 13.4. The molecular weight excluding hydrogens is 401 g/mol. The summed E-state index contributed by atoms with van der Waals surface area (Å²) in [5, 5.41) is 3.36. The number of nitrogens with one attached hydrogen (secondary N) is 1. The van der Waals surface area contributed by atoms with Crippen LogP contribution in [0.4, 0.5) is 4.39 Å². The van der Waals surface area contributed by atoms with Gasteiger partial charge in [-0.25, -0.2) is 4.39 Å². The van der Waals surface area contributed by atoms with Crippen molar-refractivity contribution in [1.82, 2.24) is 5.32 Å². The van der Waals surface area contributed by atoms with Gasteiger partial charge >= 0.3 is 0 Å². The molecule has 1 saturated carbocycles. The van der Waals surface area contributed by atoms with Gasteiger partial charge in [0.15, 0.2) is 5.78 Å². The Balaban J connectivity index is 1.31. The third kappa shape index (κ3) is 5.58. The van der Waals surface area contributed by atoms with E-state index < -0.39 is 0 Å². The van der Waals surface area contributed by atoms with Crippen LogP contribution < -0.4 is 10.1 Å². The standard InChI is InChI=1S/C28H36FNO2/c1-19(26-18-25(32-2)9-10-27(26)29)15-21-3-4-24(16-21)22-5-7-23(8-6-22)28(31)17-20-11-13-30-14-12-20/h5-10,18-21,24,30H,3-4,11-17H2,1-2H3/t19-,21?,24-/m0/s1. The van der Waals surface area contributed by atoms with Crippen LogP contribution in [0.3, 0.4) is 0 Å². The lowest BCUT2D eigenvalue weighted by atomic mass is 9.87. The molecule has 0 radical (unpaired) electrons. The highest BCUT2D eigenvalue weighted by atomic mass is 19.1. The molecule has 2 aliphatic rings. The fourth-order valence-electron chi connectivity index (χ4n) is 5.65. The predicted molar refractivity (Wildman–Crippen MR) is 127 cm³/mol. The van der Waals surface area contributed by atoms with Crippen molar-refractivity contribution >= 4 is 5.78 Å². The average molecular weight is 438 g/mol. The van der Waals surface area contributed by atoms with Gasteiger partial charge in [0, 0.05) is 12.0 Å². The van der Waals surface area contributed by atoms with E-state index in [9.17, 15) is 9.18 Å². The van der Waals surface area contributed by atoms with Crippen molar-refractivity contribution in [2.75, 3.05) is 20.2 Å². The van der Waals surface area contributed by atoms with E-state index >= 15 is 0 Å². The molecule has 0 spiro atoms. The number of halogens is 1. The molecule has 1 unspecified atom stereocenters. The Morgan fingerprint density at radius 2 is 1.81 bits per heavy atom. The van der Waals surface area contributed by atoms with Crippen molar-refractivity contribution in [3.63, 3.8) is 0 Å². The minimum atomic E-state index is -0.141. The van der Waals surface area contributed by atoms with E-state index in [1.165, 1.54) is 24.5 Å². The fourth-order valence-corrected chi connectivity index (χ4v) is 5.65. The first-order valence-electron chi connectivity index (χ1n) is 12.2. The Kier molecular flexibility index (Phi) is 7.62. The van der Waals surface area contributed by atoms with Crippen LogP contribution >= 0.6 is 0 Å². The lowest BCUT2D eigenvalue weighted by Gasteiger charge is -2.21. The summed E-state index contributed by atoms with van der Waals surface area (Å²) in [5.74, 6) is 2.68. The van der Waals surface area contributed by atoms with Gasteiger partial charge in [0.2, 0.25) is 0 Å². The normalized spacial score (nSPS) is 22.6. The van der Waals surface area contributed by atoms with E-state index in [0.717, 1.165) is 49.9 Å². The zero-order chi connectivity index (χ0) is 22.5. The van der Waals surface area contributed by atoms with Gasteiger partial charge in [0.1, 0.15) is 11.6 Å². The predicted octanol–water partition coefficient (Wildman–Crippen LogP) is 6.48. The van der Waals surface area contributed by atoms with Crippen molar-refractivity contribution < 1.29 is 13.9 Å². The van der Waals surface area contributed by atoms with Crippen molar-refractivity contribution in [3.05, 3.63) is 65.0 Å². The van der Waals surface area contributed by atoms with Gasteiger partial charge in [-0.1, -0.05) is 31.2 Å². The number of ketones is 1. The van der Waals surface area contributed by atoms with Gasteiger partial charge in [-0.05, 0) is 105 Å². The number of hydrogen-bond acceptors (Lipinski definition) is 3. The summed E-state index contributed by atoms with van der Waals surface area (Å²) in [7, 11) is 1.62. The molecule has 1 aliphatic heterocycles. The zero-order valence-electron chi connectivity index (χ0n) is 19.4. The topological polar surface area (TPSA) is 38.3 Å². The Morgan fingerprint density at radius 3 is 2.53 bits per heavy atom. The number of carbonyl (C=O) groups is 1. The summed E-state index contributed by atoms with van der Waals surface area (Å²) >= 11 is 0. The molecule has 0 aromatic heterocycles. The van der Waals surface area contributed by atoms with Crippen LogP contribution in [0, 0.1) is 17.7 Å². The molecule has 32 heavy (non-hydrogen) atoms. The Bertz CT molecular complexity index is 904. The Morgan fingerprint density at radius 1 is 1.06 bits per heavy atom. The zero-order valence-corrected chi connectivity index (χ0v) is 19.4. The molecule has 1 saturated heterocycles. The van der Waals surface area contributed by atoms with Crippen molar-refractivity contribution in [2.24, 2.45) is 11.8 Å². The van der Waals surface area contributed by atoms with Crippen LogP contribution in [0.15, 0.2) is 42.5 Å². The number of carbonyl (C=O) groups excluding carboxylic acids is 1. The van der Waals surface area contributed by atoms with E-state index in [0.29, 0.717) is 29.9 Å². The first-order valence-corrected chi connectivity index (χ1v) is 12.2. The molecule has 2 fully saturated rings. The molecule has 1 N–H and O–H groups in total. The van der Waals surface area contributed by atoms with Gasteiger partial charge in [-0.3, -0.25) is 4.79 Å². The van der Waals surface area contributed by atoms with Gasteiger partial charge in [-0.15, -0.1) is 0 Å². The second-order valence-corrected chi connectivity index (χ2v) is 9.84. The number of benzene rings is 2. The SMILES string of the molecule is COc1ccc(F)c([C@@H](C)CC2CC[C@H](c3ccc(C(=O)CC4CCNCC4)cc3)C2)c1. The maximum absolute atomic E-state index is 14.3. The van der Waals surface area contributed by atoms with Crippen LogP contribution in [-0.4, -0.2) is 26.0 Å². The average Bonchev–Trinajstić information content (AvgIpc) is 3.28. The van der Waals surface area contributed by atoms with Gasteiger partial charge < -0.3 is 10.1 Å². The lowest BCUT2D eigenvalue weighted by Crippen LogP contribution is -2.28. The van der Waals surface area contributed by atoms with Crippen molar-refractivity contribution in [2.45, 2.75) is 63.7 Å². The van der Waals surface area contributed by atoms with Crippen LogP contribution in [0.25, 0.3) is 0 Å². The summed E-state index contributed by atoms with van der Waals surface area (Å²) in [5.41, 5.74) is 2.94. The monoisotopic (exact) mass is 437 g/mol. The maximum Gasteiger partial charge on any atom is 0.163 e. The smallest absolute Gasteiger partial charge is 0.163 e. The summed E-state index contributed by atoms with van der Waals surface area (Å²) in [6.07, 6.45) is 7.35. The largest absolute Gasteiger partial charge is 0.497 e. The third-order valence-corrected chi connectivity index (χ3v) is 7.60. The van der Waals surface area contributed by atoms with E-state index in [1.807, 2.05) is 18.2 Å². The van der Waals surface area contributed by atoms with Gasteiger partial charge in [-0.2, -0.15) is 0 Å². The molecular formula is C28H36FNO2. The summed E-state index contributed by atoms with van der Waals surface area (Å²) < 4.78 is 19.6. The highest BCUT2D eigenvalue weighted by Gasteiger charge is 2.28. The van der Waals surface area contributed by atoms with E-state index in [4.69, 9.17) is 4.74 Å². The summed E-state index contributed by atoms with van der Waals surface area (Å²) in [6.45, 7) is 4.18. The van der Waals surface area contributed by atoms with E-state index in [-0.39, 0.29) is 17.5 Å². The molecule has 3 atom stereocenters. The highest BCUT2D eigenvalue weighted by molar-refractivity contribution is 5.96. The highest BCUT2D eigenvalue weighted by Crippen LogP contribution is 2.43. The molecule has 4 heteroatoms. The van der Waals surface area contributed by atoms with Crippen molar-refractivity contribution in [3.8, 4) is 5.75 Å². The lowest BCUT2D eigenvalue weighted by molar-refractivity contribution is 0.0952. The number of Topliss-reactive ketones (excluding diaryl/α,β-unsaturated/α-hetero) is 1. The minimum Gasteiger partial charge on any atom is -0.497 e. The van der Waals surface area contributed by atoms with Gasteiger partial charge in [0.25, 0.3) is 0 Å². The minimum absolute atomic E-state index is 0.141. The quantitative estimate of drug-likeness (QED) is 0.480. The molecule has 2 aromatic carbocycles. The second-order valence-electron chi connectivity index (χ2n) is 9.84. The first kappa shape index (κ1) is 23.0. The van der Waals surface area contributed by atoms with Crippen molar-refractivity contribution in [1.29, 1.82) is 0 Å². The van der Waals surface area contributed by atoms with Crippen LogP contribution in [0.2, 0.25) is 0 Å². The molecule has 4 rings (SSSR count). The molecule has 1 heterocycles. The third-order valence-electron chi connectivity index (χ3n) is 7.60. The molecule has 0 bridgehead atoms. The number of ether oxygens (including phenoxy) is 1.